The Morgan fingerprint density at radius 2 is 1.80 bits per heavy atom. The predicted molar refractivity (Wildman–Crippen MR) is 99.0 cm³/mol. The molecule has 0 saturated heterocycles. The van der Waals surface area contributed by atoms with Crippen LogP contribution in [0.4, 0.5) is 0 Å². The van der Waals surface area contributed by atoms with E-state index in [1.54, 1.807) is 6.08 Å². The van der Waals surface area contributed by atoms with Crippen LogP contribution < -0.4 is 0 Å². The Morgan fingerprint density at radius 3 is 2.48 bits per heavy atom. The number of hydrogen-bond donors (Lipinski definition) is 5. The Labute approximate surface area is 151 Å². The Hall–Kier alpha value is -0.720. The first-order chi connectivity index (χ1) is 12.0. The van der Waals surface area contributed by atoms with Crippen molar-refractivity contribution in [3.63, 3.8) is 0 Å². The minimum absolute atomic E-state index is 0.0619. The summed E-state index contributed by atoms with van der Waals surface area (Å²) in [4.78, 5) is 0. The molecular formula is C20H36O5. The van der Waals surface area contributed by atoms with Gasteiger partial charge in [0.25, 0.3) is 0 Å². The lowest BCUT2D eigenvalue weighted by Gasteiger charge is -2.19. The number of aliphatic hydroxyl groups is 5. The van der Waals surface area contributed by atoms with E-state index in [1.165, 1.54) is 0 Å². The molecule has 5 nitrogen and oxygen atoms in total. The van der Waals surface area contributed by atoms with Crippen LogP contribution in [0.3, 0.4) is 0 Å². The molecule has 0 radical (unpaired) electrons. The third-order valence-electron chi connectivity index (χ3n) is 5.03. The summed E-state index contributed by atoms with van der Waals surface area (Å²) in [5.74, 6) is -0.211. The summed E-state index contributed by atoms with van der Waals surface area (Å²) in [5.41, 5.74) is 0. The molecule has 6 atom stereocenters. The highest BCUT2D eigenvalue weighted by molar-refractivity contribution is 5.06. The summed E-state index contributed by atoms with van der Waals surface area (Å²) in [6.07, 6.45) is 11.4. The minimum atomic E-state index is -0.687. The Morgan fingerprint density at radius 1 is 1.04 bits per heavy atom. The van der Waals surface area contributed by atoms with Crippen LogP contribution in [0.25, 0.3) is 0 Å². The van der Waals surface area contributed by atoms with E-state index in [1.807, 2.05) is 18.2 Å². The molecule has 5 heteroatoms. The van der Waals surface area contributed by atoms with E-state index in [0.717, 1.165) is 25.7 Å². The molecule has 1 saturated carbocycles. The molecule has 0 spiro atoms. The van der Waals surface area contributed by atoms with Gasteiger partial charge in [-0.1, -0.05) is 50.5 Å². The van der Waals surface area contributed by atoms with Crippen LogP contribution in [-0.2, 0) is 0 Å². The largest absolute Gasteiger partial charge is 0.394 e. The first kappa shape index (κ1) is 22.3. The molecule has 5 N–H and O–H groups in total. The molecule has 1 rings (SSSR count). The summed E-state index contributed by atoms with van der Waals surface area (Å²) in [5, 5.41) is 48.4. The van der Waals surface area contributed by atoms with E-state index in [0.29, 0.717) is 25.7 Å². The van der Waals surface area contributed by atoms with Crippen LogP contribution in [0, 0.1) is 11.8 Å². The first-order valence-corrected chi connectivity index (χ1v) is 9.66. The van der Waals surface area contributed by atoms with Gasteiger partial charge in [0, 0.05) is 12.3 Å². The molecule has 146 valence electrons. The average molecular weight is 357 g/mol. The molecule has 0 aromatic heterocycles. The van der Waals surface area contributed by atoms with Gasteiger partial charge in [-0.25, -0.2) is 0 Å². The highest BCUT2D eigenvalue weighted by atomic mass is 16.3. The van der Waals surface area contributed by atoms with Gasteiger partial charge in [-0.15, -0.1) is 0 Å². The van der Waals surface area contributed by atoms with Crippen molar-refractivity contribution >= 4 is 0 Å². The second-order valence-corrected chi connectivity index (χ2v) is 7.18. The van der Waals surface area contributed by atoms with Gasteiger partial charge in [-0.2, -0.15) is 0 Å². The van der Waals surface area contributed by atoms with Crippen LogP contribution in [0.2, 0.25) is 0 Å². The Kier molecular flexibility index (Phi) is 11.3. The van der Waals surface area contributed by atoms with Crippen LogP contribution >= 0.6 is 0 Å². The number of aliphatic hydroxyl groups excluding tert-OH is 5. The Bertz CT molecular complexity index is 396. The molecule has 0 amide bonds. The molecule has 0 aliphatic heterocycles. The molecule has 0 aromatic rings. The summed E-state index contributed by atoms with van der Waals surface area (Å²) in [6, 6.07) is 0. The second-order valence-electron chi connectivity index (χ2n) is 7.18. The Balaban J connectivity index is 2.48. The van der Waals surface area contributed by atoms with Crippen molar-refractivity contribution in [3.8, 4) is 0 Å². The van der Waals surface area contributed by atoms with Crippen molar-refractivity contribution in [2.24, 2.45) is 11.8 Å². The molecule has 1 aliphatic carbocycles. The molecular weight excluding hydrogens is 320 g/mol. The number of rotatable bonds is 12. The van der Waals surface area contributed by atoms with Gasteiger partial charge in [0.05, 0.1) is 31.0 Å². The summed E-state index contributed by atoms with van der Waals surface area (Å²) in [7, 11) is 0. The lowest BCUT2D eigenvalue weighted by atomic mass is 9.89. The molecule has 6 unspecified atom stereocenters. The highest BCUT2D eigenvalue weighted by Crippen LogP contribution is 2.36. The number of allylic oxidation sites excluding steroid dienone is 2. The van der Waals surface area contributed by atoms with Gasteiger partial charge in [0.1, 0.15) is 0 Å². The lowest BCUT2D eigenvalue weighted by molar-refractivity contribution is 0.0891. The summed E-state index contributed by atoms with van der Waals surface area (Å²) >= 11 is 0. The van der Waals surface area contributed by atoms with E-state index in [-0.39, 0.29) is 18.4 Å². The quantitative estimate of drug-likeness (QED) is 0.272. The van der Waals surface area contributed by atoms with Crippen molar-refractivity contribution in [2.45, 2.75) is 82.7 Å². The van der Waals surface area contributed by atoms with E-state index in [2.05, 4.69) is 6.92 Å². The topological polar surface area (TPSA) is 101 Å². The third kappa shape index (κ3) is 8.47. The first-order valence-electron chi connectivity index (χ1n) is 9.66. The molecule has 25 heavy (non-hydrogen) atoms. The van der Waals surface area contributed by atoms with Crippen molar-refractivity contribution < 1.29 is 25.5 Å². The van der Waals surface area contributed by atoms with Gasteiger partial charge in [-0.3, -0.25) is 0 Å². The number of hydrogen-bond acceptors (Lipinski definition) is 5. The molecule has 1 aliphatic rings. The fourth-order valence-corrected chi connectivity index (χ4v) is 3.41. The normalized spacial score (nSPS) is 29.7. The van der Waals surface area contributed by atoms with Gasteiger partial charge in [0.2, 0.25) is 0 Å². The smallest absolute Gasteiger partial charge is 0.0773 e. The minimum Gasteiger partial charge on any atom is -0.394 e. The van der Waals surface area contributed by atoms with Crippen LogP contribution in [0.15, 0.2) is 24.3 Å². The van der Waals surface area contributed by atoms with Crippen LogP contribution in [0.5, 0.6) is 0 Å². The van der Waals surface area contributed by atoms with E-state index < -0.39 is 24.4 Å². The second kappa shape index (κ2) is 12.6. The predicted octanol–water partition coefficient (Wildman–Crippen LogP) is 1.92. The standard InChI is InChI=1S/C20H36O5/c1-2-3-5-8-15(22)11-12-18-17(19(24)13-20(18)25)10-7-4-6-9-16(23)14-21/h4,7,11-12,15-25H,2-3,5-6,8-10,13-14H2,1H3/b7-4+,12-11+. The average Bonchev–Trinajstić information content (AvgIpc) is 2.85. The monoisotopic (exact) mass is 356 g/mol. The molecule has 0 bridgehead atoms. The fourth-order valence-electron chi connectivity index (χ4n) is 3.41. The van der Waals surface area contributed by atoms with Crippen molar-refractivity contribution in [3.05, 3.63) is 24.3 Å². The summed E-state index contributed by atoms with van der Waals surface area (Å²) in [6.45, 7) is 1.90. The van der Waals surface area contributed by atoms with Gasteiger partial charge < -0.3 is 25.5 Å². The SMILES string of the molecule is CCCCCC(O)/C=C/C1C(O)CC(O)C1C/C=C/CCC(O)CO. The van der Waals surface area contributed by atoms with Crippen molar-refractivity contribution in [2.75, 3.05) is 6.61 Å². The zero-order chi connectivity index (χ0) is 18.7. The fraction of sp³-hybridized carbons (Fsp3) is 0.800. The van der Waals surface area contributed by atoms with Crippen molar-refractivity contribution in [1.82, 2.24) is 0 Å². The lowest BCUT2D eigenvalue weighted by Crippen LogP contribution is -2.20. The summed E-state index contributed by atoms with van der Waals surface area (Å²) < 4.78 is 0. The maximum absolute atomic E-state index is 10.2. The maximum atomic E-state index is 10.2. The van der Waals surface area contributed by atoms with Gasteiger partial charge in [0.15, 0.2) is 0 Å². The maximum Gasteiger partial charge on any atom is 0.0773 e. The van der Waals surface area contributed by atoms with Crippen LogP contribution in [-0.4, -0.2) is 56.6 Å². The van der Waals surface area contributed by atoms with E-state index >= 15 is 0 Å². The zero-order valence-electron chi connectivity index (χ0n) is 15.4. The third-order valence-corrected chi connectivity index (χ3v) is 5.03. The zero-order valence-corrected chi connectivity index (χ0v) is 15.4. The van der Waals surface area contributed by atoms with Gasteiger partial charge in [-0.05, 0) is 31.6 Å². The molecule has 1 fully saturated rings. The number of unbranched alkanes of at least 4 members (excludes halogenated alkanes) is 2. The molecule has 0 aromatic carbocycles. The molecule has 0 heterocycles. The highest BCUT2D eigenvalue weighted by Gasteiger charge is 2.39. The van der Waals surface area contributed by atoms with E-state index in [4.69, 9.17) is 5.11 Å². The van der Waals surface area contributed by atoms with Crippen molar-refractivity contribution in [1.29, 1.82) is 0 Å². The van der Waals surface area contributed by atoms with E-state index in [9.17, 15) is 20.4 Å². The van der Waals surface area contributed by atoms with Crippen LogP contribution in [0.1, 0.15) is 58.3 Å². The van der Waals surface area contributed by atoms with Gasteiger partial charge >= 0.3 is 0 Å².